The van der Waals surface area contributed by atoms with E-state index < -0.39 is 12.0 Å². The zero-order valence-corrected chi connectivity index (χ0v) is 12.0. The van der Waals surface area contributed by atoms with Gasteiger partial charge in [0.2, 0.25) is 5.91 Å². The van der Waals surface area contributed by atoms with Gasteiger partial charge in [-0.3, -0.25) is 4.79 Å². The van der Waals surface area contributed by atoms with Crippen molar-refractivity contribution in [2.24, 2.45) is 0 Å². The van der Waals surface area contributed by atoms with Gasteiger partial charge >= 0.3 is 12.0 Å². The molecule has 0 radical (unpaired) electrons. The van der Waals surface area contributed by atoms with Crippen molar-refractivity contribution in [2.75, 3.05) is 26.2 Å². The lowest BCUT2D eigenvalue weighted by molar-refractivity contribution is -0.143. The standard InChI is InChI=1S/C14H21N3O4/c18-12-5-4-10-9-15(7-8-16(10)12)14(21)17-6-2-1-3-11(17)13(19)20/h10-11H,1-9H2,(H,19,20). The zero-order chi connectivity index (χ0) is 15.0. The number of hydrogen-bond donors (Lipinski definition) is 1. The predicted molar refractivity (Wildman–Crippen MR) is 73.7 cm³/mol. The number of carboxylic acid groups (broad SMARTS) is 1. The van der Waals surface area contributed by atoms with Crippen molar-refractivity contribution in [3.05, 3.63) is 0 Å². The van der Waals surface area contributed by atoms with Crippen molar-refractivity contribution >= 4 is 17.9 Å². The SMILES string of the molecule is O=C(O)C1CCCCN1C(=O)N1CCN2C(=O)CCC2C1. The number of aliphatic carboxylic acids is 1. The molecule has 3 aliphatic rings. The molecule has 2 atom stereocenters. The number of carboxylic acids is 1. The molecule has 0 aromatic rings. The van der Waals surface area contributed by atoms with Crippen molar-refractivity contribution in [3.8, 4) is 0 Å². The van der Waals surface area contributed by atoms with Gasteiger partial charge < -0.3 is 19.8 Å². The van der Waals surface area contributed by atoms with Crippen LogP contribution < -0.4 is 0 Å². The molecular weight excluding hydrogens is 274 g/mol. The number of rotatable bonds is 1. The van der Waals surface area contributed by atoms with E-state index in [-0.39, 0.29) is 18.0 Å². The van der Waals surface area contributed by atoms with E-state index in [0.717, 1.165) is 19.3 Å². The van der Waals surface area contributed by atoms with Crippen LogP contribution in [0.15, 0.2) is 0 Å². The van der Waals surface area contributed by atoms with Gasteiger partial charge in [-0.2, -0.15) is 0 Å². The van der Waals surface area contributed by atoms with Crippen LogP contribution in [0.25, 0.3) is 0 Å². The Morgan fingerprint density at radius 1 is 1.10 bits per heavy atom. The molecule has 3 amide bonds. The first-order chi connectivity index (χ1) is 10.1. The Labute approximate surface area is 123 Å². The average molecular weight is 295 g/mol. The lowest BCUT2D eigenvalue weighted by atomic mass is 10.0. The highest BCUT2D eigenvalue weighted by atomic mass is 16.4. The highest BCUT2D eigenvalue weighted by molar-refractivity contribution is 5.84. The minimum atomic E-state index is -0.919. The second kappa shape index (κ2) is 5.54. The molecule has 0 saturated carbocycles. The molecule has 3 aliphatic heterocycles. The first kappa shape index (κ1) is 14.2. The topological polar surface area (TPSA) is 81.2 Å². The molecule has 3 saturated heterocycles. The molecule has 3 heterocycles. The molecule has 7 nitrogen and oxygen atoms in total. The third kappa shape index (κ3) is 2.56. The molecular formula is C14H21N3O4. The van der Waals surface area contributed by atoms with Gasteiger partial charge in [-0.15, -0.1) is 0 Å². The number of piperidine rings is 1. The maximum Gasteiger partial charge on any atom is 0.326 e. The largest absolute Gasteiger partial charge is 0.480 e. The fourth-order valence-corrected chi connectivity index (χ4v) is 3.64. The lowest BCUT2D eigenvalue weighted by Gasteiger charge is -2.42. The number of fused-ring (bicyclic) bond motifs is 1. The maximum absolute atomic E-state index is 12.6. The van der Waals surface area contributed by atoms with E-state index in [1.54, 1.807) is 4.90 Å². The molecule has 7 heteroatoms. The zero-order valence-electron chi connectivity index (χ0n) is 12.0. The Morgan fingerprint density at radius 2 is 1.90 bits per heavy atom. The molecule has 3 rings (SSSR count). The van der Waals surface area contributed by atoms with Crippen LogP contribution in [0.5, 0.6) is 0 Å². The number of hydrogen-bond acceptors (Lipinski definition) is 3. The second-order valence-corrected chi connectivity index (χ2v) is 6.05. The van der Waals surface area contributed by atoms with Crippen LogP contribution in [0, 0.1) is 0 Å². The van der Waals surface area contributed by atoms with E-state index in [1.807, 2.05) is 4.90 Å². The molecule has 1 N–H and O–H groups in total. The van der Waals surface area contributed by atoms with Gasteiger partial charge in [0.05, 0.1) is 0 Å². The summed E-state index contributed by atoms with van der Waals surface area (Å²) in [6.07, 6.45) is 3.60. The Kier molecular flexibility index (Phi) is 3.73. The van der Waals surface area contributed by atoms with E-state index in [4.69, 9.17) is 0 Å². The molecule has 21 heavy (non-hydrogen) atoms. The monoisotopic (exact) mass is 295 g/mol. The molecule has 3 fully saturated rings. The number of likely N-dealkylation sites (tertiary alicyclic amines) is 1. The van der Waals surface area contributed by atoms with Crippen LogP contribution in [0.2, 0.25) is 0 Å². The quantitative estimate of drug-likeness (QED) is 0.757. The molecule has 0 bridgehead atoms. The van der Waals surface area contributed by atoms with E-state index >= 15 is 0 Å². The second-order valence-electron chi connectivity index (χ2n) is 6.05. The highest BCUT2D eigenvalue weighted by Gasteiger charge is 2.40. The van der Waals surface area contributed by atoms with Gasteiger partial charge in [-0.1, -0.05) is 0 Å². The maximum atomic E-state index is 12.6. The van der Waals surface area contributed by atoms with Crippen LogP contribution in [-0.4, -0.2) is 76.0 Å². The fourth-order valence-electron chi connectivity index (χ4n) is 3.64. The number of nitrogens with zero attached hydrogens (tertiary/aromatic N) is 3. The normalized spacial score (nSPS) is 29.5. The van der Waals surface area contributed by atoms with Crippen molar-refractivity contribution in [1.82, 2.24) is 14.7 Å². The summed E-state index contributed by atoms with van der Waals surface area (Å²) in [6.45, 7) is 2.12. The molecule has 0 aliphatic carbocycles. The smallest absolute Gasteiger partial charge is 0.326 e. The van der Waals surface area contributed by atoms with Gasteiger partial charge in [-0.25, -0.2) is 9.59 Å². The Hall–Kier alpha value is -1.79. The Morgan fingerprint density at radius 3 is 2.67 bits per heavy atom. The third-order valence-corrected chi connectivity index (χ3v) is 4.80. The predicted octanol–water partition coefficient (Wildman–Crippen LogP) is 0.352. The first-order valence-electron chi connectivity index (χ1n) is 7.66. The number of carbonyl (C=O) groups excluding carboxylic acids is 2. The summed E-state index contributed by atoms with van der Waals surface area (Å²) in [5.41, 5.74) is 0. The summed E-state index contributed by atoms with van der Waals surface area (Å²) in [6, 6.07) is -0.765. The molecule has 0 aromatic heterocycles. The Balaban J connectivity index is 1.67. The first-order valence-corrected chi connectivity index (χ1v) is 7.66. The van der Waals surface area contributed by atoms with Crippen LogP contribution in [-0.2, 0) is 9.59 Å². The van der Waals surface area contributed by atoms with Gasteiger partial charge in [0.1, 0.15) is 6.04 Å². The molecule has 2 unspecified atom stereocenters. The van der Waals surface area contributed by atoms with Crippen molar-refractivity contribution in [1.29, 1.82) is 0 Å². The van der Waals surface area contributed by atoms with Gasteiger partial charge in [0.15, 0.2) is 0 Å². The number of piperazine rings is 1. The Bertz CT molecular complexity index is 467. The van der Waals surface area contributed by atoms with E-state index in [2.05, 4.69) is 0 Å². The average Bonchev–Trinajstić information content (AvgIpc) is 2.87. The van der Waals surface area contributed by atoms with Crippen LogP contribution in [0.3, 0.4) is 0 Å². The molecule has 0 aromatic carbocycles. The number of amides is 3. The molecule has 116 valence electrons. The highest BCUT2D eigenvalue weighted by Crippen LogP contribution is 2.25. The summed E-state index contributed by atoms with van der Waals surface area (Å²) in [5.74, 6) is -0.744. The van der Waals surface area contributed by atoms with E-state index in [1.165, 1.54) is 4.90 Å². The van der Waals surface area contributed by atoms with Crippen molar-refractivity contribution in [2.45, 2.75) is 44.2 Å². The minimum absolute atomic E-state index is 0.114. The third-order valence-electron chi connectivity index (χ3n) is 4.80. The molecule has 0 spiro atoms. The summed E-state index contributed by atoms with van der Waals surface area (Å²) in [7, 11) is 0. The van der Waals surface area contributed by atoms with Crippen LogP contribution in [0.4, 0.5) is 4.79 Å². The summed E-state index contributed by atoms with van der Waals surface area (Å²) in [4.78, 5) is 40.7. The van der Waals surface area contributed by atoms with Gasteiger partial charge in [-0.05, 0) is 25.7 Å². The van der Waals surface area contributed by atoms with Crippen LogP contribution >= 0.6 is 0 Å². The minimum Gasteiger partial charge on any atom is -0.480 e. The van der Waals surface area contributed by atoms with Crippen molar-refractivity contribution < 1.29 is 19.5 Å². The number of urea groups is 1. The van der Waals surface area contributed by atoms with E-state index in [0.29, 0.717) is 39.0 Å². The lowest BCUT2D eigenvalue weighted by Crippen LogP contribution is -2.59. The van der Waals surface area contributed by atoms with Gasteiger partial charge in [0, 0.05) is 38.6 Å². The summed E-state index contributed by atoms with van der Waals surface area (Å²) >= 11 is 0. The van der Waals surface area contributed by atoms with Crippen molar-refractivity contribution in [3.63, 3.8) is 0 Å². The van der Waals surface area contributed by atoms with E-state index in [9.17, 15) is 19.5 Å². The number of carbonyl (C=O) groups is 3. The van der Waals surface area contributed by atoms with Gasteiger partial charge in [0.25, 0.3) is 0 Å². The summed E-state index contributed by atoms with van der Waals surface area (Å²) in [5, 5.41) is 9.28. The summed E-state index contributed by atoms with van der Waals surface area (Å²) < 4.78 is 0. The fraction of sp³-hybridized carbons (Fsp3) is 0.786. The van der Waals surface area contributed by atoms with Crippen LogP contribution in [0.1, 0.15) is 32.1 Å².